The van der Waals surface area contributed by atoms with Gasteiger partial charge in [0.2, 0.25) is 0 Å². The van der Waals surface area contributed by atoms with Crippen molar-refractivity contribution < 1.29 is 0 Å². The van der Waals surface area contributed by atoms with Crippen LogP contribution in [-0.2, 0) is 0 Å². The van der Waals surface area contributed by atoms with E-state index in [0.717, 1.165) is 29.9 Å². The van der Waals surface area contributed by atoms with Crippen molar-refractivity contribution in [2.45, 2.75) is 32.2 Å². The third-order valence-electron chi connectivity index (χ3n) is 4.21. The van der Waals surface area contributed by atoms with Crippen LogP contribution < -0.4 is 10.2 Å². The third kappa shape index (κ3) is 3.22. The second kappa shape index (κ2) is 6.75. The topological polar surface area (TPSA) is 28.2 Å². The molecule has 0 radical (unpaired) electrons. The van der Waals surface area contributed by atoms with Gasteiger partial charge in [-0.3, -0.25) is 0 Å². The van der Waals surface area contributed by atoms with Crippen LogP contribution in [0.3, 0.4) is 0 Å². The number of pyridine rings is 1. The van der Waals surface area contributed by atoms with E-state index < -0.39 is 0 Å². The van der Waals surface area contributed by atoms with Crippen LogP contribution in [0.1, 0.15) is 26.2 Å². The van der Waals surface area contributed by atoms with E-state index in [1.165, 1.54) is 30.0 Å². The SMILES string of the molecule is CCCNC1CCN(c2nccc3c(Br)cccc23)CC1. The molecule has 0 saturated carbocycles. The summed E-state index contributed by atoms with van der Waals surface area (Å²) in [6, 6.07) is 9.10. The Morgan fingerprint density at radius 1 is 1.24 bits per heavy atom. The molecule has 21 heavy (non-hydrogen) atoms. The summed E-state index contributed by atoms with van der Waals surface area (Å²) < 4.78 is 1.14. The van der Waals surface area contributed by atoms with E-state index in [2.05, 4.69) is 62.3 Å². The molecule has 0 unspecified atom stereocenters. The maximum absolute atomic E-state index is 4.64. The number of benzene rings is 1. The Kier molecular flexibility index (Phi) is 4.76. The molecule has 3 nitrogen and oxygen atoms in total. The summed E-state index contributed by atoms with van der Waals surface area (Å²) in [5, 5.41) is 6.12. The van der Waals surface area contributed by atoms with Gasteiger partial charge in [0.1, 0.15) is 5.82 Å². The standard InChI is InChI=1S/C17H22BrN3/c1-2-9-19-13-7-11-21(12-8-13)17-15-4-3-5-16(18)14(15)6-10-20-17/h3-6,10,13,19H,2,7-9,11-12H2,1H3. The molecular weight excluding hydrogens is 326 g/mol. The average molecular weight is 348 g/mol. The summed E-state index contributed by atoms with van der Waals surface area (Å²) in [6.45, 7) is 5.52. The maximum Gasteiger partial charge on any atom is 0.136 e. The first-order chi connectivity index (χ1) is 10.3. The fourth-order valence-corrected chi connectivity index (χ4v) is 3.55. The van der Waals surface area contributed by atoms with Crippen molar-refractivity contribution in [2.75, 3.05) is 24.5 Å². The number of fused-ring (bicyclic) bond motifs is 1. The predicted molar refractivity (Wildman–Crippen MR) is 93.0 cm³/mol. The van der Waals surface area contributed by atoms with Gasteiger partial charge in [-0.1, -0.05) is 35.0 Å². The highest BCUT2D eigenvalue weighted by atomic mass is 79.9. The molecule has 1 fully saturated rings. The Labute approximate surface area is 134 Å². The maximum atomic E-state index is 4.64. The monoisotopic (exact) mass is 347 g/mol. The van der Waals surface area contributed by atoms with Crippen molar-refractivity contribution in [1.29, 1.82) is 0 Å². The molecule has 1 aromatic heterocycles. The van der Waals surface area contributed by atoms with E-state index in [-0.39, 0.29) is 0 Å². The molecule has 0 atom stereocenters. The molecule has 0 spiro atoms. The molecule has 3 rings (SSSR count). The summed E-state index contributed by atoms with van der Waals surface area (Å²) in [5.74, 6) is 1.13. The summed E-state index contributed by atoms with van der Waals surface area (Å²) in [6.07, 6.45) is 5.53. The smallest absolute Gasteiger partial charge is 0.136 e. The van der Waals surface area contributed by atoms with Gasteiger partial charge in [-0.15, -0.1) is 0 Å². The Morgan fingerprint density at radius 3 is 2.81 bits per heavy atom. The lowest BCUT2D eigenvalue weighted by Crippen LogP contribution is -2.43. The zero-order chi connectivity index (χ0) is 14.7. The number of hydrogen-bond donors (Lipinski definition) is 1. The summed E-state index contributed by atoms with van der Waals surface area (Å²) in [4.78, 5) is 7.07. The lowest BCUT2D eigenvalue weighted by atomic mass is 10.0. The number of nitrogens with zero attached hydrogens (tertiary/aromatic N) is 2. The molecular formula is C17H22BrN3. The molecule has 4 heteroatoms. The number of nitrogens with one attached hydrogen (secondary N) is 1. The molecule has 0 bridgehead atoms. The van der Waals surface area contributed by atoms with E-state index in [1.807, 2.05) is 6.20 Å². The van der Waals surface area contributed by atoms with Gasteiger partial charge in [0, 0.05) is 40.6 Å². The Balaban J connectivity index is 1.78. The molecule has 2 heterocycles. The third-order valence-corrected chi connectivity index (χ3v) is 4.90. The van der Waals surface area contributed by atoms with Gasteiger partial charge in [0.25, 0.3) is 0 Å². The lowest BCUT2D eigenvalue weighted by Gasteiger charge is -2.33. The number of halogens is 1. The van der Waals surface area contributed by atoms with Crippen LogP contribution in [0.25, 0.3) is 10.8 Å². The molecule has 1 saturated heterocycles. The van der Waals surface area contributed by atoms with Gasteiger partial charge >= 0.3 is 0 Å². The van der Waals surface area contributed by atoms with Gasteiger partial charge in [0.15, 0.2) is 0 Å². The first kappa shape index (κ1) is 14.8. The Bertz CT molecular complexity index is 606. The lowest BCUT2D eigenvalue weighted by molar-refractivity contribution is 0.415. The van der Waals surface area contributed by atoms with Crippen LogP contribution >= 0.6 is 15.9 Å². The number of hydrogen-bond acceptors (Lipinski definition) is 3. The molecule has 0 aliphatic carbocycles. The van der Waals surface area contributed by atoms with E-state index in [9.17, 15) is 0 Å². The minimum absolute atomic E-state index is 0.669. The second-order valence-corrected chi connectivity index (χ2v) is 6.54. The molecule has 1 aromatic carbocycles. The van der Waals surface area contributed by atoms with Crippen LogP contribution in [0.5, 0.6) is 0 Å². The zero-order valence-electron chi connectivity index (χ0n) is 12.5. The largest absolute Gasteiger partial charge is 0.356 e. The number of rotatable bonds is 4. The summed E-state index contributed by atoms with van der Waals surface area (Å²) >= 11 is 3.64. The molecule has 0 amide bonds. The van der Waals surface area contributed by atoms with Crippen molar-refractivity contribution >= 4 is 32.5 Å². The van der Waals surface area contributed by atoms with Crippen molar-refractivity contribution in [3.05, 3.63) is 34.9 Å². The average Bonchev–Trinajstić information content (AvgIpc) is 2.53. The van der Waals surface area contributed by atoms with Crippen molar-refractivity contribution in [3.8, 4) is 0 Å². The fourth-order valence-electron chi connectivity index (χ4n) is 3.05. The summed E-state index contributed by atoms with van der Waals surface area (Å²) in [7, 11) is 0. The quantitative estimate of drug-likeness (QED) is 0.906. The second-order valence-electron chi connectivity index (χ2n) is 5.68. The van der Waals surface area contributed by atoms with Crippen LogP contribution in [0.4, 0.5) is 5.82 Å². The highest BCUT2D eigenvalue weighted by molar-refractivity contribution is 9.10. The number of anilines is 1. The Hall–Kier alpha value is -1.13. The van der Waals surface area contributed by atoms with Crippen LogP contribution in [-0.4, -0.2) is 30.7 Å². The highest BCUT2D eigenvalue weighted by Crippen LogP contribution is 2.30. The molecule has 112 valence electrons. The van der Waals surface area contributed by atoms with Gasteiger partial charge in [-0.05, 0) is 37.9 Å². The van der Waals surface area contributed by atoms with E-state index in [1.54, 1.807) is 0 Å². The predicted octanol–water partition coefficient (Wildman–Crippen LogP) is 3.97. The van der Waals surface area contributed by atoms with Crippen LogP contribution in [0, 0.1) is 0 Å². The molecule has 1 aliphatic rings. The minimum Gasteiger partial charge on any atom is -0.356 e. The van der Waals surface area contributed by atoms with Gasteiger partial charge < -0.3 is 10.2 Å². The number of aromatic nitrogens is 1. The van der Waals surface area contributed by atoms with Gasteiger partial charge in [-0.2, -0.15) is 0 Å². The highest BCUT2D eigenvalue weighted by Gasteiger charge is 2.20. The van der Waals surface area contributed by atoms with Crippen molar-refractivity contribution in [2.24, 2.45) is 0 Å². The van der Waals surface area contributed by atoms with Crippen LogP contribution in [0.2, 0.25) is 0 Å². The van der Waals surface area contributed by atoms with Crippen molar-refractivity contribution in [1.82, 2.24) is 10.3 Å². The molecule has 1 aliphatic heterocycles. The zero-order valence-corrected chi connectivity index (χ0v) is 14.1. The van der Waals surface area contributed by atoms with E-state index in [0.29, 0.717) is 6.04 Å². The first-order valence-corrected chi connectivity index (χ1v) is 8.60. The molecule has 1 N–H and O–H groups in total. The minimum atomic E-state index is 0.669. The van der Waals surface area contributed by atoms with Gasteiger partial charge in [0.05, 0.1) is 0 Å². The van der Waals surface area contributed by atoms with Gasteiger partial charge in [-0.25, -0.2) is 4.98 Å². The van der Waals surface area contributed by atoms with E-state index in [4.69, 9.17) is 0 Å². The van der Waals surface area contributed by atoms with Crippen molar-refractivity contribution in [3.63, 3.8) is 0 Å². The summed E-state index contributed by atoms with van der Waals surface area (Å²) in [5.41, 5.74) is 0. The fraction of sp³-hybridized carbons (Fsp3) is 0.471. The molecule has 2 aromatic rings. The van der Waals surface area contributed by atoms with E-state index >= 15 is 0 Å². The Morgan fingerprint density at radius 2 is 2.05 bits per heavy atom. The first-order valence-electron chi connectivity index (χ1n) is 7.81. The number of piperidine rings is 1. The van der Waals surface area contributed by atoms with Crippen LogP contribution in [0.15, 0.2) is 34.9 Å². The normalized spacial score (nSPS) is 16.6.